The first kappa shape index (κ1) is 11.4. The number of rotatable bonds is 2. The third kappa shape index (κ3) is 2.37. The summed E-state index contributed by atoms with van der Waals surface area (Å²) in [5.41, 5.74) is 0.689. The Bertz CT molecular complexity index is 628. The summed E-state index contributed by atoms with van der Waals surface area (Å²) in [5.74, 6) is -1.57. The summed E-state index contributed by atoms with van der Waals surface area (Å²) in [5, 5.41) is 9.86. The molecule has 0 unspecified atom stereocenters. The minimum Gasteiger partial charge on any atom is -0.478 e. The Labute approximate surface area is 102 Å². The molecule has 1 N–H and O–H groups in total. The Balaban J connectivity index is 2.43. The van der Waals surface area contributed by atoms with E-state index in [4.69, 9.17) is 16.7 Å². The molecule has 0 bridgehead atoms. The number of fused-ring (bicyclic) bond motifs is 1. The van der Waals surface area contributed by atoms with Crippen molar-refractivity contribution >= 4 is 34.4 Å². The number of allylic oxidation sites excluding steroid dienone is 1. The summed E-state index contributed by atoms with van der Waals surface area (Å²) in [4.78, 5) is 22.0. The van der Waals surface area contributed by atoms with Crippen LogP contribution in [-0.4, -0.2) is 21.6 Å². The van der Waals surface area contributed by atoms with E-state index in [1.165, 1.54) is 4.57 Å². The Hall–Kier alpha value is -2.07. The molecule has 0 fully saturated rings. The molecule has 0 atom stereocenters. The third-order valence-corrected chi connectivity index (χ3v) is 2.49. The number of hydrogen-bond acceptors (Lipinski definition) is 2. The topological polar surface area (TPSA) is 59.3 Å². The fourth-order valence-corrected chi connectivity index (χ4v) is 1.71. The van der Waals surface area contributed by atoms with Crippen molar-refractivity contribution in [2.45, 2.75) is 0 Å². The molecule has 0 aliphatic carbocycles. The monoisotopic (exact) mass is 249 g/mol. The van der Waals surface area contributed by atoms with Crippen molar-refractivity contribution < 1.29 is 14.7 Å². The van der Waals surface area contributed by atoms with Crippen LogP contribution in [0.25, 0.3) is 10.9 Å². The lowest BCUT2D eigenvalue weighted by atomic mass is 10.2. The Morgan fingerprint density at radius 1 is 1.24 bits per heavy atom. The van der Waals surface area contributed by atoms with Gasteiger partial charge in [0.05, 0.1) is 5.52 Å². The van der Waals surface area contributed by atoms with Gasteiger partial charge in [0.25, 0.3) is 5.91 Å². The lowest BCUT2D eigenvalue weighted by molar-refractivity contribution is -0.131. The molecule has 4 nitrogen and oxygen atoms in total. The van der Waals surface area contributed by atoms with Gasteiger partial charge in [-0.2, -0.15) is 0 Å². The van der Waals surface area contributed by atoms with E-state index < -0.39 is 11.9 Å². The molecule has 0 amide bonds. The Morgan fingerprint density at radius 3 is 2.71 bits per heavy atom. The van der Waals surface area contributed by atoms with Crippen LogP contribution in [0.5, 0.6) is 0 Å². The summed E-state index contributed by atoms with van der Waals surface area (Å²) in [6.45, 7) is 0. The number of carbonyl (C=O) groups excluding carboxylic acids is 1. The smallest absolute Gasteiger partial charge is 0.328 e. The molecule has 1 aromatic carbocycles. The fraction of sp³-hybridized carbons (Fsp3) is 0. The molecule has 1 aromatic heterocycles. The van der Waals surface area contributed by atoms with E-state index >= 15 is 0 Å². The zero-order valence-electron chi connectivity index (χ0n) is 8.63. The first-order valence-corrected chi connectivity index (χ1v) is 5.17. The summed E-state index contributed by atoms with van der Waals surface area (Å²) >= 11 is 5.82. The zero-order valence-corrected chi connectivity index (χ0v) is 9.39. The fourth-order valence-electron chi connectivity index (χ4n) is 1.53. The van der Waals surface area contributed by atoms with E-state index in [2.05, 4.69) is 0 Å². The predicted octanol–water partition coefficient (Wildman–Crippen LogP) is 2.58. The van der Waals surface area contributed by atoms with E-state index in [9.17, 15) is 9.59 Å². The maximum atomic E-state index is 11.7. The Morgan fingerprint density at radius 2 is 2.00 bits per heavy atom. The number of carboxylic acid groups (broad SMARTS) is 1. The van der Waals surface area contributed by atoms with Crippen molar-refractivity contribution in [2.24, 2.45) is 0 Å². The number of aliphatic carboxylic acids is 1. The SMILES string of the molecule is O=C(O)/C=C/C(=O)n1ccc2cc(Cl)ccc21. The van der Waals surface area contributed by atoms with Crippen molar-refractivity contribution in [3.63, 3.8) is 0 Å². The highest BCUT2D eigenvalue weighted by atomic mass is 35.5. The minimum atomic E-state index is -1.15. The molecule has 2 aromatic rings. The van der Waals surface area contributed by atoms with Crippen LogP contribution in [0.4, 0.5) is 0 Å². The highest BCUT2D eigenvalue weighted by Gasteiger charge is 2.06. The predicted molar refractivity (Wildman–Crippen MR) is 64.4 cm³/mol. The second kappa shape index (κ2) is 4.43. The van der Waals surface area contributed by atoms with Crippen molar-refractivity contribution in [1.82, 2.24) is 4.57 Å². The van der Waals surface area contributed by atoms with Gasteiger partial charge in [0.2, 0.25) is 0 Å². The normalized spacial score (nSPS) is 11.1. The van der Waals surface area contributed by atoms with Crippen LogP contribution < -0.4 is 0 Å². The molecule has 0 saturated heterocycles. The van der Waals surface area contributed by atoms with Gasteiger partial charge in [0.1, 0.15) is 0 Å². The minimum absolute atomic E-state index is 0.412. The van der Waals surface area contributed by atoms with Crippen LogP contribution >= 0.6 is 11.6 Å². The second-order valence-electron chi connectivity index (χ2n) is 3.40. The van der Waals surface area contributed by atoms with Crippen LogP contribution in [0.15, 0.2) is 42.6 Å². The van der Waals surface area contributed by atoms with Gasteiger partial charge in [0, 0.05) is 28.8 Å². The van der Waals surface area contributed by atoms with Gasteiger partial charge in [-0.25, -0.2) is 4.79 Å². The van der Waals surface area contributed by atoms with E-state index in [1.807, 2.05) is 0 Å². The van der Waals surface area contributed by atoms with Gasteiger partial charge in [-0.3, -0.25) is 9.36 Å². The molecule has 0 radical (unpaired) electrons. The highest BCUT2D eigenvalue weighted by Crippen LogP contribution is 2.20. The molecule has 1 heterocycles. The second-order valence-corrected chi connectivity index (χ2v) is 3.84. The number of halogens is 1. The summed E-state index contributed by atoms with van der Waals surface area (Å²) in [6, 6.07) is 6.87. The lowest BCUT2D eigenvalue weighted by Gasteiger charge is -1.99. The first-order valence-electron chi connectivity index (χ1n) is 4.80. The third-order valence-electron chi connectivity index (χ3n) is 2.26. The van der Waals surface area contributed by atoms with E-state index in [-0.39, 0.29) is 0 Å². The van der Waals surface area contributed by atoms with Crippen LogP contribution in [0, 0.1) is 0 Å². The van der Waals surface area contributed by atoms with Crippen LogP contribution in [0.3, 0.4) is 0 Å². The molecule has 0 spiro atoms. The summed E-state index contributed by atoms with van der Waals surface area (Å²) < 4.78 is 1.37. The summed E-state index contributed by atoms with van der Waals surface area (Å²) in [7, 11) is 0. The van der Waals surface area contributed by atoms with Crippen LogP contribution in [-0.2, 0) is 4.79 Å². The molecule has 17 heavy (non-hydrogen) atoms. The maximum absolute atomic E-state index is 11.7. The number of hydrogen-bond donors (Lipinski definition) is 1. The van der Waals surface area contributed by atoms with Gasteiger partial charge >= 0.3 is 5.97 Å². The summed E-state index contributed by atoms with van der Waals surface area (Å²) in [6.07, 6.45) is 3.40. The number of nitrogens with zero attached hydrogens (tertiary/aromatic N) is 1. The molecular formula is C12H8ClNO3. The quantitative estimate of drug-likeness (QED) is 0.832. The molecule has 2 rings (SSSR count). The van der Waals surface area contributed by atoms with E-state index in [1.54, 1.807) is 30.5 Å². The van der Waals surface area contributed by atoms with Crippen LogP contribution in [0.2, 0.25) is 5.02 Å². The van der Waals surface area contributed by atoms with E-state index in [0.29, 0.717) is 10.5 Å². The van der Waals surface area contributed by atoms with Gasteiger partial charge in [-0.1, -0.05) is 11.6 Å². The number of aromatic nitrogens is 1. The maximum Gasteiger partial charge on any atom is 0.328 e. The van der Waals surface area contributed by atoms with Crippen molar-refractivity contribution in [2.75, 3.05) is 0 Å². The molecule has 0 aliphatic heterocycles. The lowest BCUT2D eigenvalue weighted by Crippen LogP contribution is -2.06. The molecule has 86 valence electrons. The van der Waals surface area contributed by atoms with Crippen molar-refractivity contribution in [3.05, 3.63) is 47.6 Å². The molecule has 0 aliphatic rings. The zero-order chi connectivity index (χ0) is 12.4. The van der Waals surface area contributed by atoms with Gasteiger partial charge in [-0.05, 0) is 24.3 Å². The average molecular weight is 250 g/mol. The molecular weight excluding hydrogens is 242 g/mol. The van der Waals surface area contributed by atoms with Crippen LogP contribution in [0.1, 0.15) is 4.79 Å². The number of benzene rings is 1. The van der Waals surface area contributed by atoms with Crippen molar-refractivity contribution in [3.8, 4) is 0 Å². The van der Waals surface area contributed by atoms with E-state index in [0.717, 1.165) is 17.5 Å². The number of carboxylic acids is 1. The molecule has 5 heteroatoms. The van der Waals surface area contributed by atoms with Gasteiger partial charge in [-0.15, -0.1) is 0 Å². The highest BCUT2D eigenvalue weighted by molar-refractivity contribution is 6.31. The Kier molecular flexibility index (Phi) is 2.97. The number of carbonyl (C=O) groups is 2. The standard InChI is InChI=1S/C12H8ClNO3/c13-9-1-2-10-8(7-9)5-6-14(10)11(15)3-4-12(16)17/h1-7H,(H,16,17)/b4-3+. The average Bonchev–Trinajstić information content (AvgIpc) is 2.68. The molecule has 0 saturated carbocycles. The van der Waals surface area contributed by atoms with Crippen molar-refractivity contribution in [1.29, 1.82) is 0 Å². The largest absolute Gasteiger partial charge is 0.478 e. The van der Waals surface area contributed by atoms with Gasteiger partial charge in [0.15, 0.2) is 0 Å². The first-order chi connectivity index (χ1) is 8.08. The van der Waals surface area contributed by atoms with Gasteiger partial charge < -0.3 is 5.11 Å².